The SMILES string of the molecule is C[C@@H]1[C@H](NC(=O)c2ccccc2)[C@H](C)[C@@H](c2ccccc2)O[C@H]1NC(=O)c1ccccc1. The lowest BCUT2D eigenvalue weighted by molar-refractivity contribution is -0.132. The minimum Gasteiger partial charge on any atom is -0.350 e. The lowest BCUT2D eigenvalue weighted by Crippen LogP contribution is -2.58. The summed E-state index contributed by atoms with van der Waals surface area (Å²) in [6.45, 7) is 4.09. The third-order valence-electron chi connectivity index (χ3n) is 6.15. The second-order valence-corrected chi connectivity index (χ2v) is 8.31. The number of nitrogens with one attached hydrogen (secondary N) is 2. The van der Waals surface area contributed by atoms with Crippen LogP contribution in [-0.2, 0) is 4.74 Å². The molecular formula is C27H28N2O3. The van der Waals surface area contributed by atoms with Gasteiger partial charge in [0.25, 0.3) is 11.8 Å². The monoisotopic (exact) mass is 428 g/mol. The molecule has 1 heterocycles. The molecule has 0 radical (unpaired) electrons. The molecule has 2 amide bonds. The molecule has 5 atom stereocenters. The van der Waals surface area contributed by atoms with Crippen molar-refractivity contribution in [2.75, 3.05) is 0 Å². The van der Waals surface area contributed by atoms with E-state index in [1.54, 1.807) is 24.3 Å². The Balaban J connectivity index is 1.60. The van der Waals surface area contributed by atoms with Crippen LogP contribution in [0.2, 0.25) is 0 Å². The fraction of sp³-hybridized carbons (Fsp3) is 0.259. The van der Waals surface area contributed by atoms with Gasteiger partial charge in [0.2, 0.25) is 0 Å². The molecule has 1 fully saturated rings. The molecule has 0 aromatic heterocycles. The maximum Gasteiger partial charge on any atom is 0.253 e. The molecule has 0 unspecified atom stereocenters. The molecule has 164 valence electrons. The highest BCUT2D eigenvalue weighted by molar-refractivity contribution is 5.95. The van der Waals surface area contributed by atoms with Gasteiger partial charge in [-0.15, -0.1) is 0 Å². The minimum atomic E-state index is -0.551. The zero-order valence-electron chi connectivity index (χ0n) is 18.3. The zero-order chi connectivity index (χ0) is 22.5. The van der Waals surface area contributed by atoms with Crippen molar-refractivity contribution >= 4 is 11.8 Å². The summed E-state index contributed by atoms with van der Waals surface area (Å²) in [5.74, 6) is -0.455. The molecule has 2 N–H and O–H groups in total. The molecule has 32 heavy (non-hydrogen) atoms. The Morgan fingerprint density at radius 3 is 1.66 bits per heavy atom. The quantitative estimate of drug-likeness (QED) is 0.625. The molecule has 1 aliphatic rings. The van der Waals surface area contributed by atoms with Crippen LogP contribution in [0.15, 0.2) is 91.0 Å². The van der Waals surface area contributed by atoms with Gasteiger partial charge in [-0.2, -0.15) is 0 Å². The van der Waals surface area contributed by atoms with E-state index in [1.165, 1.54) is 0 Å². The molecule has 4 rings (SSSR count). The van der Waals surface area contributed by atoms with E-state index in [9.17, 15) is 9.59 Å². The van der Waals surface area contributed by atoms with E-state index in [2.05, 4.69) is 17.6 Å². The van der Waals surface area contributed by atoms with Crippen molar-refractivity contribution in [2.45, 2.75) is 32.2 Å². The van der Waals surface area contributed by atoms with E-state index in [0.717, 1.165) is 5.56 Å². The first-order valence-corrected chi connectivity index (χ1v) is 11.0. The number of ether oxygens (including phenoxy) is 1. The second-order valence-electron chi connectivity index (χ2n) is 8.31. The number of amides is 2. The summed E-state index contributed by atoms with van der Waals surface area (Å²) in [7, 11) is 0. The van der Waals surface area contributed by atoms with Crippen molar-refractivity contribution in [1.82, 2.24) is 10.6 Å². The smallest absolute Gasteiger partial charge is 0.253 e. The van der Waals surface area contributed by atoms with Gasteiger partial charge in [0.15, 0.2) is 0 Å². The number of rotatable bonds is 5. The van der Waals surface area contributed by atoms with Crippen LogP contribution in [0.4, 0.5) is 0 Å². The van der Waals surface area contributed by atoms with E-state index in [1.807, 2.05) is 73.7 Å². The van der Waals surface area contributed by atoms with Crippen molar-refractivity contribution in [1.29, 1.82) is 0 Å². The summed E-state index contributed by atoms with van der Waals surface area (Å²) in [6.07, 6.45) is -0.820. The number of hydrogen-bond acceptors (Lipinski definition) is 3. The van der Waals surface area contributed by atoms with Gasteiger partial charge in [-0.05, 0) is 29.8 Å². The topological polar surface area (TPSA) is 67.4 Å². The van der Waals surface area contributed by atoms with Crippen LogP contribution in [0.1, 0.15) is 46.2 Å². The Kier molecular flexibility index (Phi) is 6.66. The third kappa shape index (κ3) is 4.73. The van der Waals surface area contributed by atoms with Crippen LogP contribution >= 0.6 is 0 Å². The van der Waals surface area contributed by atoms with Gasteiger partial charge >= 0.3 is 0 Å². The Bertz CT molecular complexity index is 1040. The normalized spacial score (nSPS) is 25.0. The summed E-state index contributed by atoms with van der Waals surface area (Å²) >= 11 is 0. The Labute approximate surface area is 188 Å². The molecule has 3 aromatic rings. The molecule has 3 aromatic carbocycles. The number of hydrogen-bond donors (Lipinski definition) is 2. The van der Waals surface area contributed by atoms with Crippen LogP contribution < -0.4 is 10.6 Å². The molecule has 0 bridgehead atoms. The molecule has 1 aliphatic heterocycles. The Hall–Kier alpha value is -3.44. The molecular weight excluding hydrogens is 400 g/mol. The predicted octanol–water partition coefficient (Wildman–Crippen LogP) is 4.58. The van der Waals surface area contributed by atoms with Gasteiger partial charge in [-0.25, -0.2) is 0 Å². The van der Waals surface area contributed by atoms with Crippen LogP contribution in [-0.4, -0.2) is 24.1 Å². The fourth-order valence-electron chi connectivity index (χ4n) is 4.34. The summed E-state index contributed by atoms with van der Waals surface area (Å²) in [6, 6.07) is 28.0. The van der Waals surface area contributed by atoms with Gasteiger partial charge in [-0.1, -0.05) is 80.6 Å². The summed E-state index contributed by atoms with van der Waals surface area (Å²) in [5.41, 5.74) is 2.20. The van der Waals surface area contributed by atoms with Crippen LogP contribution in [0.25, 0.3) is 0 Å². The minimum absolute atomic E-state index is 0.00457. The van der Waals surface area contributed by atoms with Crippen LogP contribution in [0.3, 0.4) is 0 Å². The molecule has 1 saturated heterocycles. The molecule has 5 nitrogen and oxygen atoms in total. The summed E-state index contributed by atoms with van der Waals surface area (Å²) < 4.78 is 6.42. The number of carbonyl (C=O) groups excluding carboxylic acids is 2. The lowest BCUT2D eigenvalue weighted by atomic mass is 9.80. The van der Waals surface area contributed by atoms with Crippen molar-refractivity contribution < 1.29 is 14.3 Å². The van der Waals surface area contributed by atoms with Crippen LogP contribution in [0.5, 0.6) is 0 Å². The van der Waals surface area contributed by atoms with Gasteiger partial charge in [-0.3, -0.25) is 9.59 Å². The summed E-state index contributed by atoms with van der Waals surface area (Å²) in [5, 5.41) is 6.24. The van der Waals surface area contributed by atoms with E-state index in [0.29, 0.717) is 11.1 Å². The van der Waals surface area contributed by atoms with Gasteiger partial charge < -0.3 is 15.4 Å². The van der Waals surface area contributed by atoms with Gasteiger partial charge in [0.1, 0.15) is 6.23 Å². The molecule has 0 spiro atoms. The maximum atomic E-state index is 13.0. The van der Waals surface area contributed by atoms with E-state index in [4.69, 9.17) is 4.74 Å². The van der Waals surface area contributed by atoms with Gasteiger partial charge in [0, 0.05) is 29.0 Å². The first-order valence-electron chi connectivity index (χ1n) is 11.0. The highest BCUT2D eigenvalue weighted by Gasteiger charge is 2.43. The predicted molar refractivity (Wildman–Crippen MR) is 124 cm³/mol. The first kappa shape index (κ1) is 21.8. The van der Waals surface area contributed by atoms with Crippen LogP contribution in [0, 0.1) is 11.8 Å². The molecule has 0 saturated carbocycles. The maximum absolute atomic E-state index is 13.0. The zero-order valence-corrected chi connectivity index (χ0v) is 18.3. The highest BCUT2D eigenvalue weighted by atomic mass is 16.5. The standard InChI is InChI=1S/C27H28N2O3/c1-18-23(28-25(30)21-14-8-4-9-15-21)19(2)27(29-26(31)22-16-10-5-11-17-22)32-24(18)20-12-6-3-7-13-20/h3-19,23-24,27H,1-2H3,(H,28,30)(H,29,31)/t18-,19+,23+,24-,27+/m0/s1. The van der Waals surface area contributed by atoms with Crippen molar-refractivity contribution in [3.63, 3.8) is 0 Å². The first-order chi connectivity index (χ1) is 15.5. The second kappa shape index (κ2) is 9.79. The largest absolute Gasteiger partial charge is 0.350 e. The third-order valence-corrected chi connectivity index (χ3v) is 6.15. The number of benzene rings is 3. The fourth-order valence-corrected chi connectivity index (χ4v) is 4.34. The van der Waals surface area contributed by atoms with Gasteiger partial charge in [0.05, 0.1) is 6.10 Å². The number of carbonyl (C=O) groups is 2. The molecule has 0 aliphatic carbocycles. The summed E-state index contributed by atoms with van der Waals surface area (Å²) in [4.78, 5) is 25.8. The van der Waals surface area contributed by atoms with Crippen molar-refractivity contribution in [3.8, 4) is 0 Å². The Morgan fingerprint density at radius 2 is 1.12 bits per heavy atom. The van der Waals surface area contributed by atoms with Crippen molar-refractivity contribution in [3.05, 3.63) is 108 Å². The average Bonchev–Trinajstić information content (AvgIpc) is 2.85. The lowest BCUT2D eigenvalue weighted by Gasteiger charge is -2.45. The Morgan fingerprint density at radius 1 is 0.656 bits per heavy atom. The van der Waals surface area contributed by atoms with E-state index < -0.39 is 6.23 Å². The van der Waals surface area contributed by atoms with E-state index >= 15 is 0 Å². The highest BCUT2D eigenvalue weighted by Crippen LogP contribution is 2.38. The van der Waals surface area contributed by atoms with Crippen molar-refractivity contribution in [2.24, 2.45) is 11.8 Å². The average molecular weight is 429 g/mol. The van der Waals surface area contributed by atoms with E-state index in [-0.39, 0.29) is 35.8 Å². The molecule has 5 heteroatoms.